The number of nitrogens with one attached hydrogen (secondary N) is 2. The van der Waals surface area contributed by atoms with E-state index in [0.717, 1.165) is 18.4 Å². The number of sulfone groups is 1. The van der Waals surface area contributed by atoms with Crippen LogP contribution in [0.1, 0.15) is 18.1 Å². The van der Waals surface area contributed by atoms with Gasteiger partial charge in [0.25, 0.3) is 0 Å². The van der Waals surface area contributed by atoms with Crippen LogP contribution in [0.4, 0.5) is 13.2 Å². The number of hydrogen-bond acceptors (Lipinski definition) is 3. The van der Waals surface area contributed by atoms with Crippen molar-refractivity contribution in [1.82, 2.24) is 10.6 Å². The van der Waals surface area contributed by atoms with Gasteiger partial charge in [-0.15, -0.1) is 24.0 Å². The number of rotatable bonds is 6. The van der Waals surface area contributed by atoms with Crippen molar-refractivity contribution in [2.24, 2.45) is 4.99 Å². The molecule has 10 heteroatoms. The fourth-order valence-electron chi connectivity index (χ4n) is 1.71. The van der Waals surface area contributed by atoms with Gasteiger partial charge in [0, 0.05) is 19.3 Å². The van der Waals surface area contributed by atoms with Crippen molar-refractivity contribution >= 4 is 39.8 Å². The maximum Gasteiger partial charge on any atom is 0.416 e. The summed E-state index contributed by atoms with van der Waals surface area (Å²) in [7, 11) is -3.09. The van der Waals surface area contributed by atoms with Crippen LogP contribution in [0.5, 0.6) is 0 Å². The Morgan fingerprint density at radius 2 is 1.92 bits per heavy atom. The Bertz CT molecular complexity index is 649. The molecule has 24 heavy (non-hydrogen) atoms. The molecule has 0 aliphatic carbocycles. The van der Waals surface area contributed by atoms with Gasteiger partial charge in [-0.1, -0.05) is 12.1 Å². The zero-order valence-electron chi connectivity index (χ0n) is 13.4. The molecule has 1 rings (SSSR count). The lowest BCUT2D eigenvalue weighted by Gasteiger charge is -2.11. The minimum atomic E-state index is -4.39. The van der Waals surface area contributed by atoms with Gasteiger partial charge in [-0.25, -0.2) is 13.4 Å². The molecule has 1 aromatic carbocycles. The second-order valence-corrected chi connectivity index (χ2v) is 7.21. The van der Waals surface area contributed by atoms with Crippen LogP contribution in [0.3, 0.4) is 0 Å². The van der Waals surface area contributed by atoms with Gasteiger partial charge in [0.2, 0.25) is 0 Å². The molecule has 0 aliphatic heterocycles. The van der Waals surface area contributed by atoms with E-state index in [-0.39, 0.29) is 42.8 Å². The van der Waals surface area contributed by atoms with Gasteiger partial charge >= 0.3 is 6.18 Å². The number of halogens is 4. The van der Waals surface area contributed by atoms with E-state index in [9.17, 15) is 21.6 Å². The minimum absolute atomic E-state index is 0. The van der Waals surface area contributed by atoms with Crippen molar-refractivity contribution in [1.29, 1.82) is 0 Å². The minimum Gasteiger partial charge on any atom is -0.357 e. The van der Waals surface area contributed by atoms with E-state index in [4.69, 9.17) is 0 Å². The van der Waals surface area contributed by atoms with Gasteiger partial charge in [0.15, 0.2) is 5.96 Å². The SMILES string of the molecule is CCNC(=NCc1cccc(C(F)(F)F)c1)NCCS(C)(=O)=O.I. The van der Waals surface area contributed by atoms with Crippen LogP contribution in [-0.4, -0.2) is 39.5 Å². The van der Waals surface area contributed by atoms with Crippen molar-refractivity contribution in [2.45, 2.75) is 19.6 Å². The van der Waals surface area contributed by atoms with Gasteiger partial charge in [0.05, 0.1) is 17.9 Å². The van der Waals surface area contributed by atoms with Crippen LogP contribution in [0.2, 0.25) is 0 Å². The highest BCUT2D eigenvalue weighted by Crippen LogP contribution is 2.29. The highest BCUT2D eigenvalue weighted by Gasteiger charge is 2.30. The van der Waals surface area contributed by atoms with Crippen molar-refractivity contribution < 1.29 is 21.6 Å². The first kappa shape index (κ1) is 23.0. The molecule has 0 saturated carbocycles. The molecule has 138 valence electrons. The molecule has 0 radical (unpaired) electrons. The fourth-order valence-corrected chi connectivity index (χ4v) is 2.19. The van der Waals surface area contributed by atoms with E-state index in [1.807, 2.05) is 6.92 Å². The number of guanidine groups is 1. The van der Waals surface area contributed by atoms with Crippen molar-refractivity contribution in [3.8, 4) is 0 Å². The predicted octanol–water partition coefficient (Wildman–Crippen LogP) is 2.42. The molecule has 0 bridgehead atoms. The second kappa shape index (κ2) is 10.1. The van der Waals surface area contributed by atoms with Crippen molar-refractivity contribution in [3.63, 3.8) is 0 Å². The maximum atomic E-state index is 12.6. The van der Waals surface area contributed by atoms with Crippen LogP contribution in [0, 0.1) is 0 Å². The van der Waals surface area contributed by atoms with Gasteiger partial charge in [0.1, 0.15) is 9.84 Å². The molecular formula is C14H21F3IN3O2S. The van der Waals surface area contributed by atoms with Crippen LogP contribution in [0.15, 0.2) is 29.3 Å². The van der Waals surface area contributed by atoms with Crippen LogP contribution in [-0.2, 0) is 22.6 Å². The Kier molecular flexibility index (Phi) is 9.63. The molecule has 0 atom stereocenters. The summed E-state index contributed by atoms with van der Waals surface area (Å²) in [6, 6.07) is 4.93. The topological polar surface area (TPSA) is 70.6 Å². The molecule has 0 heterocycles. The third-order valence-electron chi connectivity index (χ3n) is 2.78. The number of hydrogen-bond donors (Lipinski definition) is 2. The molecule has 0 amide bonds. The van der Waals surface area contributed by atoms with E-state index in [2.05, 4.69) is 15.6 Å². The summed E-state index contributed by atoms with van der Waals surface area (Å²) in [4.78, 5) is 4.16. The monoisotopic (exact) mass is 479 g/mol. The Hall–Kier alpha value is -1.04. The van der Waals surface area contributed by atoms with Crippen LogP contribution in [0.25, 0.3) is 0 Å². The molecule has 0 unspecified atom stereocenters. The Morgan fingerprint density at radius 3 is 2.46 bits per heavy atom. The summed E-state index contributed by atoms with van der Waals surface area (Å²) >= 11 is 0. The lowest BCUT2D eigenvalue weighted by molar-refractivity contribution is -0.137. The first-order valence-electron chi connectivity index (χ1n) is 6.98. The maximum absolute atomic E-state index is 12.6. The highest BCUT2D eigenvalue weighted by atomic mass is 127. The van der Waals surface area contributed by atoms with Crippen LogP contribution >= 0.6 is 24.0 Å². The molecule has 0 aliphatic rings. The van der Waals surface area contributed by atoms with Crippen molar-refractivity contribution in [3.05, 3.63) is 35.4 Å². The molecular weight excluding hydrogens is 458 g/mol. The first-order valence-corrected chi connectivity index (χ1v) is 9.04. The zero-order chi connectivity index (χ0) is 17.5. The molecule has 0 saturated heterocycles. The van der Waals surface area contributed by atoms with Gasteiger partial charge in [-0.2, -0.15) is 13.2 Å². The molecule has 0 spiro atoms. The highest BCUT2D eigenvalue weighted by molar-refractivity contribution is 14.0. The van der Waals surface area contributed by atoms with E-state index in [0.29, 0.717) is 18.1 Å². The summed E-state index contributed by atoms with van der Waals surface area (Å²) < 4.78 is 60.1. The fraction of sp³-hybridized carbons (Fsp3) is 0.500. The largest absolute Gasteiger partial charge is 0.416 e. The van der Waals surface area contributed by atoms with Gasteiger partial charge in [-0.3, -0.25) is 0 Å². The van der Waals surface area contributed by atoms with Gasteiger partial charge in [-0.05, 0) is 24.6 Å². The summed E-state index contributed by atoms with van der Waals surface area (Å²) in [6.07, 6.45) is -3.26. The van der Waals surface area contributed by atoms with E-state index in [1.165, 1.54) is 6.07 Å². The second-order valence-electron chi connectivity index (χ2n) is 4.95. The lowest BCUT2D eigenvalue weighted by Crippen LogP contribution is -2.39. The van der Waals surface area contributed by atoms with Crippen molar-refractivity contribution in [2.75, 3.05) is 25.1 Å². The van der Waals surface area contributed by atoms with Crippen LogP contribution < -0.4 is 10.6 Å². The summed E-state index contributed by atoms with van der Waals surface area (Å²) in [5, 5.41) is 5.74. The zero-order valence-corrected chi connectivity index (χ0v) is 16.5. The summed E-state index contributed by atoms with van der Waals surface area (Å²) in [5.74, 6) is 0.301. The predicted molar refractivity (Wildman–Crippen MR) is 99.4 cm³/mol. The average Bonchev–Trinajstić information content (AvgIpc) is 2.43. The molecule has 5 nitrogen and oxygen atoms in total. The summed E-state index contributed by atoms with van der Waals surface area (Å²) in [6.45, 7) is 2.61. The standard InChI is InChI=1S/C14H20F3N3O2S.HI/c1-3-18-13(19-7-8-23(2,21)22)20-10-11-5-4-6-12(9-11)14(15,16)17;/h4-6,9H,3,7-8,10H2,1-2H3,(H2,18,19,20);1H. The third kappa shape index (κ3) is 9.30. The number of aliphatic imine (C=N–C) groups is 1. The Morgan fingerprint density at radius 1 is 1.25 bits per heavy atom. The Labute approximate surface area is 157 Å². The summed E-state index contributed by atoms with van der Waals surface area (Å²) in [5.41, 5.74) is -0.305. The molecule has 0 fully saturated rings. The smallest absolute Gasteiger partial charge is 0.357 e. The first-order chi connectivity index (χ1) is 10.6. The van der Waals surface area contributed by atoms with E-state index >= 15 is 0 Å². The normalized spacial score (nSPS) is 12.5. The van der Waals surface area contributed by atoms with E-state index < -0.39 is 21.6 Å². The lowest BCUT2D eigenvalue weighted by atomic mass is 10.1. The number of alkyl halides is 3. The molecule has 2 N–H and O–H groups in total. The quantitative estimate of drug-likeness (QED) is 0.374. The number of nitrogens with zero attached hydrogens (tertiary/aromatic N) is 1. The third-order valence-corrected chi connectivity index (χ3v) is 3.73. The Balaban J connectivity index is 0.00000529. The molecule has 0 aromatic heterocycles. The van der Waals surface area contributed by atoms with Gasteiger partial charge < -0.3 is 10.6 Å². The van der Waals surface area contributed by atoms with E-state index in [1.54, 1.807) is 6.07 Å². The molecule has 1 aromatic rings. The average molecular weight is 479 g/mol. The number of benzene rings is 1.